The third-order valence-corrected chi connectivity index (χ3v) is 9.77. The molecular formula is C27H28F3N3O6S2. The van der Waals surface area contributed by atoms with Gasteiger partial charge in [-0.15, -0.1) is 0 Å². The SMILES string of the molecule is COc1ccc(S(=O)(=O)N2CCCCCC2)cc1C(=O)Nc1ccc(S(=O)(=O)Nc2cccc(C(F)(F)F)c2)cc1. The van der Waals surface area contributed by atoms with E-state index in [0.717, 1.165) is 37.8 Å². The van der Waals surface area contributed by atoms with Gasteiger partial charge in [-0.25, -0.2) is 16.8 Å². The lowest BCUT2D eigenvalue weighted by molar-refractivity contribution is -0.137. The molecule has 14 heteroatoms. The molecule has 41 heavy (non-hydrogen) atoms. The van der Waals surface area contributed by atoms with Gasteiger partial charge in [0.1, 0.15) is 5.75 Å². The van der Waals surface area contributed by atoms with Crippen molar-refractivity contribution < 1.29 is 39.5 Å². The number of sulfonamides is 2. The number of nitrogens with one attached hydrogen (secondary N) is 2. The van der Waals surface area contributed by atoms with E-state index in [1.165, 1.54) is 59.9 Å². The molecule has 0 radical (unpaired) electrons. The van der Waals surface area contributed by atoms with Crippen molar-refractivity contribution in [3.05, 3.63) is 77.9 Å². The average Bonchev–Trinajstić information content (AvgIpc) is 3.23. The van der Waals surface area contributed by atoms with Crippen LogP contribution in [0.3, 0.4) is 0 Å². The molecular weight excluding hydrogens is 583 g/mol. The number of ether oxygens (including phenoxy) is 1. The molecule has 2 N–H and O–H groups in total. The highest BCUT2D eigenvalue weighted by atomic mass is 32.2. The van der Waals surface area contributed by atoms with Gasteiger partial charge in [-0.3, -0.25) is 9.52 Å². The van der Waals surface area contributed by atoms with E-state index in [2.05, 4.69) is 10.0 Å². The second-order valence-corrected chi connectivity index (χ2v) is 13.0. The van der Waals surface area contributed by atoms with Gasteiger partial charge in [0.25, 0.3) is 15.9 Å². The number of benzene rings is 3. The lowest BCUT2D eigenvalue weighted by Gasteiger charge is -2.20. The fourth-order valence-electron chi connectivity index (χ4n) is 4.35. The van der Waals surface area contributed by atoms with Crippen LogP contribution in [-0.4, -0.2) is 47.2 Å². The highest BCUT2D eigenvalue weighted by molar-refractivity contribution is 7.92. The molecule has 0 aromatic heterocycles. The Morgan fingerprint density at radius 1 is 0.829 bits per heavy atom. The summed E-state index contributed by atoms with van der Waals surface area (Å²) < 4.78 is 99.6. The van der Waals surface area contributed by atoms with Crippen LogP contribution in [0.1, 0.15) is 41.6 Å². The smallest absolute Gasteiger partial charge is 0.416 e. The lowest BCUT2D eigenvalue weighted by Crippen LogP contribution is -2.32. The van der Waals surface area contributed by atoms with E-state index in [0.29, 0.717) is 19.2 Å². The van der Waals surface area contributed by atoms with Crippen LogP contribution in [0.15, 0.2) is 76.5 Å². The third kappa shape index (κ3) is 7.18. The molecule has 0 spiro atoms. The fourth-order valence-corrected chi connectivity index (χ4v) is 6.94. The van der Waals surface area contributed by atoms with Gasteiger partial charge in [-0.2, -0.15) is 17.5 Å². The number of nitrogens with zero attached hydrogens (tertiary/aromatic N) is 1. The van der Waals surface area contributed by atoms with Gasteiger partial charge in [-0.1, -0.05) is 18.9 Å². The van der Waals surface area contributed by atoms with Crippen LogP contribution in [0.2, 0.25) is 0 Å². The number of alkyl halides is 3. The van der Waals surface area contributed by atoms with Gasteiger partial charge < -0.3 is 10.1 Å². The van der Waals surface area contributed by atoms with Gasteiger partial charge in [-0.05, 0) is 73.5 Å². The zero-order valence-electron chi connectivity index (χ0n) is 21.9. The van der Waals surface area contributed by atoms with Crippen molar-refractivity contribution in [3.8, 4) is 5.75 Å². The molecule has 0 bridgehead atoms. The fraction of sp³-hybridized carbons (Fsp3) is 0.296. The maximum Gasteiger partial charge on any atom is 0.416 e. The van der Waals surface area contributed by atoms with Crippen molar-refractivity contribution in [2.24, 2.45) is 0 Å². The van der Waals surface area contributed by atoms with Crippen LogP contribution in [-0.2, 0) is 26.2 Å². The first-order valence-electron chi connectivity index (χ1n) is 12.6. The molecule has 1 saturated heterocycles. The summed E-state index contributed by atoms with van der Waals surface area (Å²) in [6, 6.07) is 12.7. The number of amides is 1. The normalized spacial score (nSPS) is 15.1. The topological polar surface area (TPSA) is 122 Å². The van der Waals surface area contributed by atoms with Gasteiger partial charge in [0.2, 0.25) is 10.0 Å². The molecule has 0 unspecified atom stereocenters. The van der Waals surface area contributed by atoms with Crippen molar-refractivity contribution >= 4 is 37.3 Å². The Balaban J connectivity index is 1.52. The molecule has 4 rings (SSSR count). The van der Waals surface area contributed by atoms with Crippen molar-refractivity contribution in [2.45, 2.75) is 41.7 Å². The summed E-state index contributed by atoms with van der Waals surface area (Å²) in [5.41, 5.74) is -1.11. The average molecular weight is 612 g/mol. The zero-order valence-corrected chi connectivity index (χ0v) is 23.6. The van der Waals surface area contributed by atoms with E-state index >= 15 is 0 Å². The largest absolute Gasteiger partial charge is 0.496 e. The summed E-state index contributed by atoms with van der Waals surface area (Å²) in [4.78, 5) is 12.8. The molecule has 0 atom stereocenters. The summed E-state index contributed by atoms with van der Waals surface area (Å²) in [5.74, 6) is -0.547. The van der Waals surface area contributed by atoms with E-state index in [9.17, 15) is 34.8 Å². The van der Waals surface area contributed by atoms with E-state index < -0.39 is 37.7 Å². The number of anilines is 2. The Morgan fingerprint density at radius 3 is 2.07 bits per heavy atom. The first-order valence-corrected chi connectivity index (χ1v) is 15.5. The number of hydrogen-bond donors (Lipinski definition) is 2. The second kappa shape index (κ2) is 12.1. The maximum absolute atomic E-state index is 13.2. The summed E-state index contributed by atoms with van der Waals surface area (Å²) in [5, 5.41) is 2.59. The van der Waals surface area contributed by atoms with Gasteiger partial charge >= 0.3 is 6.18 Å². The minimum atomic E-state index is -4.64. The second-order valence-electron chi connectivity index (χ2n) is 9.34. The Bertz CT molecular complexity index is 1620. The number of methoxy groups -OCH3 is 1. The minimum absolute atomic E-state index is 0.0358. The molecule has 1 aliphatic rings. The monoisotopic (exact) mass is 611 g/mol. The molecule has 9 nitrogen and oxygen atoms in total. The predicted octanol–water partition coefficient (Wildman–Crippen LogP) is 5.33. The minimum Gasteiger partial charge on any atom is -0.496 e. The predicted molar refractivity (Wildman–Crippen MR) is 147 cm³/mol. The van der Waals surface area contributed by atoms with Gasteiger partial charge in [0.15, 0.2) is 0 Å². The molecule has 1 aliphatic heterocycles. The number of hydrogen-bond acceptors (Lipinski definition) is 6. The molecule has 1 amide bonds. The van der Waals surface area contributed by atoms with Crippen LogP contribution in [0, 0.1) is 0 Å². The third-order valence-electron chi connectivity index (χ3n) is 6.48. The van der Waals surface area contributed by atoms with Crippen LogP contribution >= 0.6 is 0 Å². The van der Waals surface area contributed by atoms with Crippen molar-refractivity contribution in [3.63, 3.8) is 0 Å². The standard InChI is InChI=1S/C27H28F3N3O6S2/c1-39-25-14-13-23(41(37,38)33-15-4-2-3-5-16-33)18-24(25)26(34)31-20-9-11-22(12-10-20)40(35,36)32-21-8-6-7-19(17-21)27(28,29)30/h6-14,17-18,32H,2-5,15-16H2,1H3,(H,31,34). The van der Waals surface area contributed by atoms with Crippen molar-refractivity contribution in [2.75, 3.05) is 30.2 Å². The quantitative estimate of drug-likeness (QED) is 0.355. The van der Waals surface area contributed by atoms with Gasteiger partial charge in [0.05, 0.1) is 28.0 Å². The summed E-state index contributed by atoms with van der Waals surface area (Å²) >= 11 is 0. The molecule has 1 fully saturated rings. The Hall–Kier alpha value is -3.62. The Morgan fingerprint density at radius 2 is 1.46 bits per heavy atom. The van der Waals surface area contributed by atoms with Gasteiger partial charge in [0, 0.05) is 24.5 Å². The number of halogens is 3. The Labute approximate surface area is 236 Å². The van der Waals surface area contributed by atoms with Crippen LogP contribution in [0.4, 0.5) is 24.5 Å². The number of carbonyl (C=O) groups excluding carboxylic acids is 1. The van der Waals surface area contributed by atoms with Crippen molar-refractivity contribution in [1.29, 1.82) is 0 Å². The summed E-state index contributed by atoms with van der Waals surface area (Å²) in [6.45, 7) is 0.793. The summed E-state index contributed by atoms with van der Waals surface area (Å²) in [6.07, 6.45) is -1.23. The molecule has 3 aromatic carbocycles. The highest BCUT2D eigenvalue weighted by Crippen LogP contribution is 2.31. The number of rotatable bonds is 8. The molecule has 0 aliphatic carbocycles. The highest BCUT2D eigenvalue weighted by Gasteiger charge is 2.31. The zero-order chi connectivity index (χ0) is 29.8. The summed E-state index contributed by atoms with van der Waals surface area (Å²) in [7, 11) is -6.74. The van der Waals surface area contributed by atoms with E-state index in [1.54, 1.807) is 0 Å². The Kier molecular flexibility index (Phi) is 8.94. The van der Waals surface area contributed by atoms with E-state index in [1.807, 2.05) is 0 Å². The lowest BCUT2D eigenvalue weighted by atomic mass is 10.2. The van der Waals surface area contributed by atoms with Crippen molar-refractivity contribution in [1.82, 2.24) is 4.31 Å². The molecule has 0 saturated carbocycles. The maximum atomic E-state index is 13.2. The molecule has 1 heterocycles. The van der Waals surface area contributed by atoms with E-state index in [4.69, 9.17) is 4.74 Å². The van der Waals surface area contributed by atoms with Crippen LogP contribution < -0.4 is 14.8 Å². The first-order chi connectivity index (χ1) is 19.3. The van der Waals surface area contributed by atoms with E-state index in [-0.39, 0.29) is 32.5 Å². The van der Waals surface area contributed by atoms with Crippen LogP contribution in [0.25, 0.3) is 0 Å². The first kappa shape index (κ1) is 30.3. The van der Waals surface area contributed by atoms with Crippen LogP contribution in [0.5, 0.6) is 5.75 Å². The number of carbonyl (C=O) groups is 1. The molecule has 220 valence electrons. The molecule has 3 aromatic rings.